The van der Waals surface area contributed by atoms with Crippen LogP contribution in [0.4, 0.5) is 4.79 Å². The number of ether oxygens (including phenoxy) is 1. The number of nitrogens with one attached hydrogen (secondary N) is 1. The molecular formula is C16H26N4O4. The quantitative estimate of drug-likeness (QED) is 0.850. The molecule has 0 bridgehead atoms. The summed E-state index contributed by atoms with van der Waals surface area (Å²) in [5.74, 6) is 0. The second kappa shape index (κ2) is 6.80. The Morgan fingerprint density at radius 2 is 2.00 bits per heavy atom. The van der Waals surface area contributed by atoms with Gasteiger partial charge in [0.1, 0.15) is 5.60 Å². The molecule has 8 nitrogen and oxygen atoms in total. The van der Waals surface area contributed by atoms with Crippen molar-refractivity contribution in [3.05, 3.63) is 32.6 Å². The number of amides is 1. The number of hydrogen-bond acceptors (Lipinski definition) is 5. The topological polar surface area (TPSA) is 85.6 Å². The van der Waals surface area contributed by atoms with E-state index in [0.717, 1.165) is 11.0 Å². The molecule has 8 heteroatoms. The molecule has 0 spiro atoms. The number of aryl methyl sites for hydroxylation is 1. The summed E-state index contributed by atoms with van der Waals surface area (Å²) in [5.41, 5.74) is -0.632. The van der Waals surface area contributed by atoms with Gasteiger partial charge in [0.2, 0.25) is 0 Å². The Hall–Kier alpha value is -2.09. The van der Waals surface area contributed by atoms with Crippen LogP contribution in [-0.2, 0) is 25.4 Å². The molecule has 0 saturated carbocycles. The molecule has 1 amide bonds. The van der Waals surface area contributed by atoms with Crippen LogP contribution in [0.1, 0.15) is 32.8 Å². The van der Waals surface area contributed by atoms with E-state index in [1.54, 1.807) is 18.1 Å². The predicted octanol–water partition coefficient (Wildman–Crippen LogP) is 0.183. The fraction of sp³-hybridized carbons (Fsp3) is 0.688. The Labute approximate surface area is 141 Å². The van der Waals surface area contributed by atoms with Gasteiger partial charge >= 0.3 is 11.8 Å². The highest BCUT2D eigenvalue weighted by Crippen LogP contribution is 2.15. The molecule has 1 aliphatic rings. The Bertz CT molecular complexity index is 729. The van der Waals surface area contributed by atoms with Crippen molar-refractivity contribution < 1.29 is 9.53 Å². The van der Waals surface area contributed by atoms with Gasteiger partial charge in [0.05, 0.1) is 0 Å². The molecule has 1 aliphatic heterocycles. The molecular weight excluding hydrogens is 312 g/mol. The summed E-state index contributed by atoms with van der Waals surface area (Å²) < 4.78 is 7.85. The zero-order valence-corrected chi connectivity index (χ0v) is 15.0. The molecule has 1 aromatic heterocycles. The van der Waals surface area contributed by atoms with Gasteiger partial charge in [-0.05, 0) is 27.2 Å². The van der Waals surface area contributed by atoms with E-state index >= 15 is 0 Å². The summed E-state index contributed by atoms with van der Waals surface area (Å²) in [6.07, 6.45) is 2.04. The van der Waals surface area contributed by atoms with E-state index in [2.05, 4.69) is 5.32 Å². The second-order valence-electron chi connectivity index (χ2n) is 7.20. The maximum absolute atomic E-state index is 12.1. The Kier molecular flexibility index (Phi) is 5.17. The third-order valence-electron chi connectivity index (χ3n) is 3.94. The van der Waals surface area contributed by atoms with E-state index in [9.17, 15) is 14.4 Å². The maximum Gasteiger partial charge on any atom is 0.410 e. The fourth-order valence-electron chi connectivity index (χ4n) is 2.68. The Morgan fingerprint density at radius 1 is 1.33 bits per heavy atom. The SMILES string of the molecule is Cn1cc(CN[C@@H]2CCN(C(=O)OC(C)(C)C)C2)c(=O)n(C)c1=O. The van der Waals surface area contributed by atoms with Crippen molar-refractivity contribution in [2.24, 2.45) is 14.1 Å². The summed E-state index contributed by atoms with van der Waals surface area (Å²) >= 11 is 0. The molecule has 0 unspecified atom stereocenters. The van der Waals surface area contributed by atoms with Gasteiger partial charge in [0.15, 0.2) is 0 Å². The summed E-state index contributed by atoms with van der Waals surface area (Å²) in [6, 6.07) is 0.0967. The van der Waals surface area contributed by atoms with E-state index in [0.29, 0.717) is 25.2 Å². The molecule has 1 N–H and O–H groups in total. The zero-order chi connectivity index (χ0) is 18.1. The number of rotatable bonds is 3. The molecule has 1 fully saturated rings. The predicted molar refractivity (Wildman–Crippen MR) is 90.0 cm³/mol. The summed E-state index contributed by atoms with van der Waals surface area (Å²) in [5, 5.41) is 3.28. The highest BCUT2D eigenvalue weighted by Gasteiger charge is 2.29. The molecule has 24 heavy (non-hydrogen) atoms. The minimum Gasteiger partial charge on any atom is -0.444 e. The number of hydrogen-bond donors (Lipinski definition) is 1. The molecule has 0 aromatic carbocycles. The van der Waals surface area contributed by atoms with Crippen molar-refractivity contribution in [1.82, 2.24) is 19.4 Å². The van der Waals surface area contributed by atoms with E-state index in [1.165, 1.54) is 11.6 Å². The zero-order valence-electron chi connectivity index (χ0n) is 15.0. The molecule has 2 rings (SSSR count). The Morgan fingerprint density at radius 3 is 2.62 bits per heavy atom. The lowest BCUT2D eigenvalue weighted by Gasteiger charge is -2.24. The second-order valence-corrected chi connectivity index (χ2v) is 7.20. The van der Waals surface area contributed by atoms with Crippen molar-refractivity contribution in [3.8, 4) is 0 Å². The van der Waals surface area contributed by atoms with Crippen molar-refractivity contribution in [3.63, 3.8) is 0 Å². The van der Waals surface area contributed by atoms with Crippen molar-refractivity contribution in [2.75, 3.05) is 13.1 Å². The average molecular weight is 338 g/mol. The smallest absolute Gasteiger partial charge is 0.410 e. The first-order valence-electron chi connectivity index (χ1n) is 8.05. The van der Waals surface area contributed by atoms with Crippen molar-refractivity contribution >= 4 is 6.09 Å². The first-order chi connectivity index (χ1) is 11.1. The van der Waals surface area contributed by atoms with Gasteiger partial charge in [-0.3, -0.25) is 9.36 Å². The third kappa shape index (κ3) is 4.25. The van der Waals surface area contributed by atoms with Gasteiger partial charge in [0, 0.05) is 51.5 Å². The first kappa shape index (κ1) is 18.3. The number of nitrogens with zero attached hydrogens (tertiary/aromatic N) is 3. The van der Waals surface area contributed by atoms with E-state index < -0.39 is 5.60 Å². The van der Waals surface area contributed by atoms with Crippen LogP contribution in [-0.4, -0.2) is 44.9 Å². The molecule has 1 saturated heterocycles. The van der Waals surface area contributed by atoms with Crippen molar-refractivity contribution in [1.29, 1.82) is 0 Å². The third-order valence-corrected chi connectivity index (χ3v) is 3.94. The van der Waals surface area contributed by atoms with Gasteiger partial charge in [-0.2, -0.15) is 0 Å². The van der Waals surface area contributed by atoms with Crippen LogP contribution in [0, 0.1) is 0 Å². The first-order valence-corrected chi connectivity index (χ1v) is 8.05. The monoisotopic (exact) mass is 338 g/mol. The van der Waals surface area contributed by atoms with Crippen LogP contribution in [0.5, 0.6) is 0 Å². The fourth-order valence-corrected chi connectivity index (χ4v) is 2.68. The molecule has 134 valence electrons. The lowest BCUT2D eigenvalue weighted by atomic mass is 10.2. The summed E-state index contributed by atoms with van der Waals surface area (Å²) in [4.78, 5) is 37.5. The maximum atomic E-state index is 12.1. The van der Waals surface area contributed by atoms with Gasteiger partial charge in [-0.15, -0.1) is 0 Å². The normalized spacial score (nSPS) is 18.0. The van der Waals surface area contributed by atoms with Crippen LogP contribution in [0.3, 0.4) is 0 Å². The molecule has 0 aliphatic carbocycles. The van der Waals surface area contributed by atoms with Crippen LogP contribution >= 0.6 is 0 Å². The molecule has 1 aromatic rings. The van der Waals surface area contributed by atoms with Crippen LogP contribution in [0.2, 0.25) is 0 Å². The Balaban J connectivity index is 1.94. The minimum atomic E-state index is -0.510. The van der Waals surface area contributed by atoms with Crippen molar-refractivity contribution in [2.45, 2.75) is 45.4 Å². The molecule has 2 heterocycles. The summed E-state index contributed by atoms with van der Waals surface area (Å²) in [7, 11) is 3.08. The average Bonchev–Trinajstić information content (AvgIpc) is 2.95. The number of likely N-dealkylation sites (tertiary alicyclic amines) is 1. The van der Waals surface area contributed by atoms with Gasteiger partial charge in [-0.25, -0.2) is 9.59 Å². The standard InChI is InChI=1S/C16H26N4O4/c1-16(2,3)24-15(23)20-7-6-12(10-20)17-8-11-9-18(4)14(22)19(5)13(11)21/h9,12,17H,6-8,10H2,1-5H3/t12-/m1/s1. The number of carbonyl (C=O) groups is 1. The number of carbonyl (C=O) groups excluding carboxylic acids is 1. The van der Waals surface area contributed by atoms with Crippen LogP contribution < -0.4 is 16.6 Å². The van der Waals surface area contributed by atoms with Gasteiger partial charge in [-0.1, -0.05) is 0 Å². The number of aromatic nitrogens is 2. The van der Waals surface area contributed by atoms with Crippen LogP contribution in [0.15, 0.2) is 15.8 Å². The molecule has 0 radical (unpaired) electrons. The van der Waals surface area contributed by atoms with E-state index in [-0.39, 0.29) is 23.4 Å². The van der Waals surface area contributed by atoms with E-state index in [1.807, 2.05) is 20.8 Å². The van der Waals surface area contributed by atoms with Gasteiger partial charge in [0.25, 0.3) is 5.56 Å². The van der Waals surface area contributed by atoms with Gasteiger partial charge < -0.3 is 19.5 Å². The lowest BCUT2D eigenvalue weighted by molar-refractivity contribution is 0.0291. The lowest BCUT2D eigenvalue weighted by Crippen LogP contribution is -2.41. The van der Waals surface area contributed by atoms with E-state index in [4.69, 9.17) is 4.74 Å². The minimum absolute atomic E-state index is 0.0967. The highest BCUT2D eigenvalue weighted by molar-refractivity contribution is 5.68. The summed E-state index contributed by atoms with van der Waals surface area (Å²) in [6.45, 7) is 7.04. The van der Waals surface area contributed by atoms with Crippen LogP contribution in [0.25, 0.3) is 0 Å². The highest BCUT2D eigenvalue weighted by atomic mass is 16.6. The largest absolute Gasteiger partial charge is 0.444 e. The molecule has 1 atom stereocenters.